The molecule has 0 saturated carbocycles. The van der Waals surface area contributed by atoms with Crippen molar-refractivity contribution in [1.29, 1.82) is 0 Å². The third-order valence-electron chi connectivity index (χ3n) is 5.32. The number of benzene rings is 3. The monoisotopic (exact) mass is 712 g/mol. The summed E-state index contributed by atoms with van der Waals surface area (Å²) in [6.07, 6.45) is 1.57. The second-order valence-electron chi connectivity index (χ2n) is 8.11. The van der Waals surface area contributed by atoms with Crippen LogP contribution in [0.4, 0.5) is 10.5 Å². The van der Waals surface area contributed by atoms with Crippen LogP contribution in [0.2, 0.25) is 10.0 Å². The van der Waals surface area contributed by atoms with Crippen LogP contribution in [0.5, 0.6) is 11.5 Å². The molecule has 39 heavy (non-hydrogen) atoms. The summed E-state index contributed by atoms with van der Waals surface area (Å²) in [6.45, 7) is 1.99. The molecule has 4 rings (SSSR count). The van der Waals surface area contributed by atoms with Crippen molar-refractivity contribution >= 4 is 95.6 Å². The van der Waals surface area contributed by atoms with Crippen molar-refractivity contribution in [2.75, 3.05) is 18.5 Å². The van der Waals surface area contributed by atoms with Gasteiger partial charge in [0.1, 0.15) is 13.2 Å². The van der Waals surface area contributed by atoms with Gasteiger partial charge in [-0.05, 0) is 94.8 Å². The second-order valence-corrected chi connectivity index (χ2v) is 11.7. The van der Waals surface area contributed by atoms with Gasteiger partial charge >= 0.3 is 0 Å². The van der Waals surface area contributed by atoms with Crippen molar-refractivity contribution in [3.05, 3.63) is 89.6 Å². The molecule has 3 aromatic rings. The van der Waals surface area contributed by atoms with E-state index >= 15 is 0 Å². The van der Waals surface area contributed by atoms with E-state index in [1.54, 1.807) is 60.7 Å². The summed E-state index contributed by atoms with van der Waals surface area (Å²) in [6, 6.07) is 15.6. The molecule has 0 unspecified atom stereocenters. The molecule has 1 saturated heterocycles. The highest BCUT2D eigenvalue weighted by molar-refractivity contribution is 9.10. The molecule has 1 aliphatic rings. The fourth-order valence-corrected chi connectivity index (χ4v) is 5.67. The molecule has 1 aliphatic heterocycles. The topological polar surface area (TPSA) is 84.9 Å². The van der Waals surface area contributed by atoms with Crippen LogP contribution in [-0.4, -0.2) is 35.1 Å². The van der Waals surface area contributed by atoms with Crippen LogP contribution in [-0.2, 0) is 16.2 Å². The van der Waals surface area contributed by atoms with E-state index in [1.807, 2.05) is 6.92 Å². The third kappa shape index (κ3) is 7.58. The van der Waals surface area contributed by atoms with Crippen LogP contribution < -0.4 is 14.8 Å². The summed E-state index contributed by atoms with van der Waals surface area (Å²) >= 11 is 19.8. The zero-order valence-electron chi connectivity index (χ0n) is 20.3. The minimum Gasteiger partial charge on any atom is -0.490 e. The van der Waals surface area contributed by atoms with E-state index in [2.05, 4.69) is 37.2 Å². The van der Waals surface area contributed by atoms with Crippen molar-refractivity contribution in [3.8, 4) is 11.5 Å². The van der Waals surface area contributed by atoms with Gasteiger partial charge in [0.25, 0.3) is 11.1 Å². The number of anilines is 1. The van der Waals surface area contributed by atoms with Gasteiger partial charge in [-0.2, -0.15) is 0 Å². The molecule has 0 aliphatic carbocycles. The predicted molar refractivity (Wildman–Crippen MR) is 162 cm³/mol. The van der Waals surface area contributed by atoms with Crippen molar-refractivity contribution in [1.82, 2.24) is 4.90 Å². The Morgan fingerprint density at radius 3 is 2.49 bits per heavy atom. The molecule has 0 spiro atoms. The Morgan fingerprint density at radius 1 is 1.05 bits per heavy atom. The van der Waals surface area contributed by atoms with Gasteiger partial charge in [-0.15, -0.1) is 0 Å². The fraction of sp³-hybridized carbons (Fsp3) is 0.148. The smallest absolute Gasteiger partial charge is 0.294 e. The highest BCUT2D eigenvalue weighted by atomic mass is 79.9. The predicted octanol–water partition coefficient (Wildman–Crippen LogP) is 8.17. The summed E-state index contributed by atoms with van der Waals surface area (Å²) < 4.78 is 13.2. The van der Waals surface area contributed by atoms with Gasteiger partial charge in [0.05, 0.1) is 16.0 Å². The number of amides is 3. The number of hydrogen-bond acceptors (Lipinski definition) is 6. The Bertz CT molecular complexity index is 1470. The maximum atomic E-state index is 13.0. The molecule has 0 atom stereocenters. The first kappa shape index (κ1) is 29.5. The van der Waals surface area contributed by atoms with Gasteiger partial charge in [0.15, 0.2) is 11.5 Å². The van der Waals surface area contributed by atoms with E-state index in [-0.39, 0.29) is 11.5 Å². The Kier molecular flexibility index (Phi) is 10.0. The Hall–Kier alpha value is -2.50. The molecular formula is C27H20Br2Cl2N2O5S. The zero-order chi connectivity index (χ0) is 28.1. The number of hydrogen-bond donors (Lipinski definition) is 1. The molecule has 0 bridgehead atoms. The van der Waals surface area contributed by atoms with Crippen molar-refractivity contribution in [2.45, 2.75) is 13.5 Å². The maximum absolute atomic E-state index is 13.0. The summed E-state index contributed by atoms with van der Waals surface area (Å²) in [4.78, 5) is 39.1. The first-order valence-corrected chi connectivity index (χ1v) is 14.6. The van der Waals surface area contributed by atoms with Crippen LogP contribution in [0.15, 0.2) is 68.4 Å². The van der Waals surface area contributed by atoms with E-state index in [0.717, 1.165) is 26.7 Å². The number of nitrogens with zero attached hydrogens (tertiary/aromatic N) is 1. The minimum absolute atomic E-state index is 0.176. The number of rotatable bonds is 9. The molecule has 0 aromatic heterocycles. The standard InChI is InChI=1S/C27H20Br2Cl2N2O5S/c1-2-37-22-10-15(9-20(29)25(22)38-14-16-3-6-18(30)12-21(16)31)11-23-26(35)33(27(36)39-23)13-24(34)32-19-7-4-17(28)5-8-19/h3-12H,2,13-14H2,1H3,(H,32,34)/b23-11-. The molecule has 202 valence electrons. The van der Waals surface area contributed by atoms with Gasteiger partial charge in [0, 0.05) is 25.8 Å². The van der Waals surface area contributed by atoms with Gasteiger partial charge < -0.3 is 14.8 Å². The number of carbonyl (C=O) groups excluding carboxylic acids is 3. The fourth-order valence-electron chi connectivity index (χ4n) is 3.53. The number of nitrogens with one attached hydrogen (secondary N) is 1. The van der Waals surface area contributed by atoms with Crippen LogP contribution in [0.25, 0.3) is 6.08 Å². The van der Waals surface area contributed by atoms with Crippen LogP contribution in [0.3, 0.4) is 0 Å². The molecule has 3 aromatic carbocycles. The molecule has 7 nitrogen and oxygen atoms in total. The largest absolute Gasteiger partial charge is 0.490 e. The van der Waals surface area contributed by atoms with E-state index in [4.69, 9.17) is 32.7 Å². The van der Waals surface area contributed by atoms with Crippen molar-refractivity contribution in [2.24, 2.45) is 0 Å². The second kappa shape index (κ2) is 13.2. The molecule has 1 fully saturated rings. The lowest BCUT2D eigenvalue weighted by Crippen LogP contribution is -2.36. The first-order chi connectivity index (χ1) is 18.6. The highest BCUT2D eigenvalue weighted by Gasteiger charge is 2.36. The van der Waals surface area contributed by atoms with Gasteiger partial charge in [-0.25, -0.2) is 0 Å². The van der Waals surface area contributed by atoms with Gasteiger partial charge in [-0.3, -0.25) is 19.3 Å². The highest BCUT2D eigenvalue weighted by Crippen LogP contribution is 2.40. The summed E-state index contributed by atoms with van der Waals surface area (Å²) in [5.41, 5.74) is 1.91. The Balaban J connectivity index is 1.49. The lowest BCUT2D eigenvalue weighted by molar-refractivity contribution is -0.127. The summed E-state index contributed by atoms with van der Waals surface area (Å²) in [7, 11) is 0. The van der Waals surface area contributed by atoms with E-state index < -0.39 is 23.6 Å². The maximum Gasteiger partial charge on any atom is 0.294 e. The molecule has 3 amide bonds. The van der Waals surface area contributed by atoms with E-state index in [0.29, 0.717) is 43.9 Å². The quantitative estimate of drug-likeness (QED) is 0.225. The SMILES string of the molecule is CCOc1cc(/C=C2\SC(=O)N(CC(=O)Nc3ccc(Br)cc3)C2=O)cc(Br)c1OCc1ccc(Cl)cc1Cl. The van der Waals surface area contributed by atoms with Crippen LogP contribution >= 0.6 is 66.8 Å². The normalized spacial score (nSPS) is 14.2. The zero-order valence-corrected chi connectivity index (χ0v) is 25.8. The van der Waals surface area contributed by atoms with Gasteiger partial charge in [-0.1, -0.05) is 45.2 Å². The first-order valence-electron chi connectivity index (χ1n) is 11.5. The van der Waals surface area contributed by atoms with E-state index in [1.165, 1.54) is 0 Å². The lowest BCUT2D eigenvalue weighted by atomic mass is 10.1. The number of carbonyl (C=O) groups is 3. The number of halogens is 4. The average molecular weight is 715 g/mol. The molecule has 1 N–H and O–H groups in total. The van der Waals surface area contributed by atoms with Crippen LogP contribution in [0.1, 0.15) is 18.1 Å². The molecule has 1 heterocycles. The lowest BCUT2D eigenvalue weighted by Gasteiger charge is -2.15. The van der Waals surface area contributed by atoms with Crippen LogP contribution in [0, 0.1) is 0 Å². The molecular weight excluding hydrogens is 695 g/mol. The Morgan fingerprint density at radius 2 is 1.79 bits per heavy atom. The van der Waals surface area contributed by atoms with Crippen molar-refractivity contribution < 1.29 is 23.9 Å². The minimum atomic E-state index is -0.553. The third-order valence-corrected chi connectivity index (χ3v) is 7.93. The molecule has 0 radical (unpaired) electrons. The number of imide groups is 1. The number of ether oxygens (including phenoxy) is 2. The summed E-state index contributed by atoms with van der Waals surface area (Å²) in [5, 5.41) is 3.16. The average Bonchev–Trinajstić information content (AvgIpc) is 3.13. The van der Waals surface area contributed by atoms with E-state index in [9.17, 15) is 14.4 Å². The number of thioether (sulfide) groups is 1. The molecule has 12 heteroatoms. The summed E-state index contributed by atoms with van der Waals surface area (Å²) in [5.74, 6) is -0.138. The Labute approximate surface area is 256 Å². The van der Waals surface area contributed by atoms with Crippen molar-refractivity contribution in [3.63, 3.8) is 0 Å². The van der Waals surface area contributed by atoms with Gasteiger partial charge in [0.2, 0.25) is 5.91 Å².